The van der Waals surface area contributed by atoms with Crippen molar-refractivity contribution in [1.82, 2.24) is 10.0 Å². The quantitative estimate of drug-likeness (QED) is 0.703. The van der Waals surface area contributed by atoms with Crippen LogP contribution in [-0.2, 0) is 21.3 Å². The van der Waals surface area contributed by atoms with E-state index in [0.29, 0.717) is 19.2 Å². The number of hydrogen-bond donors (Lipinski definition) is 2. The molecule has 1 aromatic carbocycles. The van der Waals surface area contributed by atoms with Crippen molar-refractivity contribution in [2.24, 2.45) is 0 Å². The van der Waals surface area contributed by atoms with Gasteiger partial charge < -0.3 is 10.1 Å². The van der Waals surface area contributed by atoms with E-state index in [0.717, 1.165) is 5.56 Å². The van der Waals surface area contributed by atoms with Gasteiger partial charge in [-0.1, -0.05) is 26.0 Å². The molecule has 0 atom stereocenters. The second-order valence-corrected chi connectivity index (χ2v) is 6.34. The number of rotatable bonds is 8. The fourth-order valence-electron chi connectivity index (χ4n) is 1.51. The van der Waals surface area contributed by atoms with Gasteiger partial charge in [-0.25, -0.2) is 13.1 Å². The molecule has 108 valence electrons. The van der Waals surface area contributed by atoms with E-state index in [9.17, 15) is 8.42 Å². The van der Waals surface area contributed by atoms with Crippen LogP contribution in [0.3, 0.4) is 0 Å². The van der Waals surface area contributed by atoms with Crippen LogP contribution in [0, 0.1) is 0 Å². The fraction of sp³-hybridized carbons (Fsp3) is 0.538. The predicted molar refractivity (Wildman–Crippen MR) is 75.5 cm³/mol. The number of nitrogens with one attached hydrogen (secondary N) is 2. The first-order valence-corrected chi connectivity index (χ1v) is 7.75. The summed E-state index contributed by atoms with van der Waals surface area (Å²) in [5.74, 6) is 0. The smallest absolute Gasteiger partial charge is 0.240 e. The summed E-state index contributed by atoms with van der Waals surface area (Å²) in [6, 6.07) is 7.30. The van der Waals surface area contributed by atoms with E-state index in [4.69, 9.17) is 4.74 Å². The van der Waals surface area contributed by atoms with Crippen LogP contribution >= 0.6 is 0 Å². The highest BCUT2D eigenvalue weighted by atomic mass is 32.2. The third-order valence-electron chi connectivity index (χ3n) is 2.52. The molecule has 0 unspecified atom stereocenters. The Morgan fingerprint density at radius 1 is 1.32 bits per heavy atom. The van der Waals surface area contributed by atoms with Crippen LogP contribution in [0.15, 0.2) is 29.2 Å². The number of hydrogen-bond acceptors (Lipinski definition) is 4. The summed E-state index contributed by atoms with van der Waals surface area (Å²) < 4.78 is 31.3. The molecule has 0 saturated heterocycles. The minimum atomic E-state index is -3.45. The molecule has 1 aromatic rings. The predicted octanol–water partition coefficient (Wildman–Crippen LogP) is 1.11. The summed E-state index contributed by atoms with van der Waals surface area (Å²) in [4.78, 5) is 0.284. The van der Waals surface area contributed by atoms with Gasteiger partial charge in [0.2, 0.25) is 10.0 Å². The van der Waals surface area contributed by atoms with Crippen LogP contribution in [0.2, 0.25) is 0 Å². The molecular weight excluding hydrogens is 264 g/mol. The highest BCUT2D eigenvalue weighted by Gasteiger charge is 2.13. The minimum Gasteiger partial charge on any atom is -0.383 e. The van der Waals surface area contributed by atoms with Crippen LogP contribution < -0.4 is 10.0 Å². The Hall–Kier alpha value is -0.950. The first kappa shape index (κ1) is 16.1. The van der Waals surface area contributed by atoms with Crippen LogP contribution in [0.4, 0.5) is 0 Å². The largest absolute Gasteiger partial charge is 0.383 e. The maximum absolute atomic E-state index is 12.0. The SMILES string of the molecule is COCCNS(=O)(=O)c1cccc(CNC(C)C)c1. The Morgan fingerprint density at radius 3 is 2.68 bits per heavy atom. The average molecular weight is 286 g/mol. The van der Waals surface area contributed by atoms with Crippen molar-refractivity contribution in [3.63, 3.8) is 0 Å². The van der Waals surface area contributed by atoms with Gasteiger partial charge in [-0.15, -0.1) is 0 Å². The maximum Gasteiger partial charge on any atom is 0.240 e. The van der Waals surface area contributed by atoms with Crippen molar-refractivity contribution in [1.29, 1.82) is 0 Å². The standard InChI is InChI=1S/C13H22N2O3S/c1-11(2)14-10-12-5-4-6-13(9-12)19(16,17)15-7-8-18-3/h4-6,9,11,14-15H,7-8,10H2,1-3H3. The van der Waals surface area contributed by atoms with Gasteiger partial charge in [0.05, 0.1) is 11.5 Å². The van der Waals surface area contributed by atoms with Crippen molar-refractivity contribution in [3.8, 4) is 0 Å². The van der Waals surface area contributed by atoms with E-state index >= 15 is 0 Å². The Kier molecular flexibility index (Phi) is 6.44. The Labute approximate surface area is 115 Å². The molecule has 19 heavy (non-hydrogen) atoms. The summed E-state index contributed by atoms with van der Waals surface area (Å²) >= 11 is 0. The summed E-state index contributed by atoms with van der Waals surface area (Å²) in [7, 11) is -1.92. The fourth-order valence-corrected chi connectivity index (χ4v) is 2.59. The zero-order valence-corrected chi connectivity index (χ0v) is 12.5. The van der Waals surface area contributed by atoms with Gasteiger partial charge in [0, 0.05) is 26.2 Å². The highest BCUT2D eigenvalue weighted by Crippen LogP contribution is 2.11. The topological polar surface area (TPSA) is 67.4 Å². The van der Waals surface area contributed by atoms with Gasteiger partial charge in [0.1, 0.15) is 0 Å². The Balaban J connectivity index is 2.74. The first-order valence-electron chi connectivity index (χ1n) is 6.26. The van der Waals surface area contributed by atoms with Gasteiger partial charge in [0.15, 0.2) is 0 Å². The lowest BCUT2D eigenvalue weighted by molar-refractivity contribution is 0.204. The number of methoxy groups -OCH3 is 1. The van der Waals surface area contributed by atoms with Crippen LogP contribution in [0.1, 0.15) is 19.4 Å². The molecule has 0 fully saturated rings. The number of benzene rings is 1. The zero-order valence-electron chi connectivity index (χ0n) is 11.6. The lowest BCUT2D eigenvalue weighted by atomic mass is 10.2. The van der Waals surface area contributed by atoms with E-state index in [2.05, 4.69) is 10.0 Å². The van der Waals surface area contributed by atoms with E-state index in [1.807, 2.05) is 19.9 Å². The molecule has 0 aliphatic carbocycles. The van der Waals surface area contributed by atoms with E-state index in [-0.39, 0.29) is 11.4 Å². The first-order chi connectivity index (χ1) is 8.95. The lowest BCUT2D eigenvalue weighted by Crippen LogP contribution is -2.27. The molecule has 0 aliphatic rings. The van der Waals surface area contributed by atoms with Crippen molar-refractivity contribution in [2.45, 2.75) is 31.3 Å². The third-order valence-corrected chi connectivity index (χ3v) is 3.98. The Bertz CT molecular complexity index is 486. The zero-order chi connectivity index (χ0) is 14.3. The van der Waals surface area contributed by atoms with Crippen molar-refractivity contribution < 1.29 is 13.2 Å². The third kappa shape index (κ3) is 5.69. The van der Waals surface area contributed by atoms with Crippen molar-refractivity contribution in [2.75, 3.05) is 20.3 Å². The van der Waals surface area contributed by atoms with Crippen molar-refractivity contribution >= 4 is 10.0 Å². The van der Waals surface area contributed by atoms with E-state index in [1.165, 1.54) is 7.11 Å². The molecule has 0 heterocycles. The van der Waals surface area contributed by atoms with Crippen LogP contribution in [-0.4, -0.2) is 34.7 Å². The monoisotopic (exact) mass is 286 g/mol. The number of sulfonamides is 1. The van der Waals surface area contributed by atoms with Gasteiger partial charge in [-0.2, -0.15) is 0 Å². The van der Waals surface area contributed by atoms with Crippen LogP contribution in [0.5, 0.6) is 0 Å². The molecule has 5 nitrogen and oxygen atoms in total. The maximum atomic E-state index is 12.0. The summed E-state index contributed by atoms with van der Waals surface area (Å²) in [6.45, 7) is 5.38. The second kappa shape index (κ2) is 7.59. The average Bonchev–Trinajstić information content (AvgIpc) is 2.37. The summed E-state index contributed by atoms with van der Waals surface area (Å²) in [5, 5.41) is 3.26. The molecule has 0 aromatic heterocycles. The normalized spacial score (nSPS) is 12.0. The molecule has 1 rings (SSSR count). The molecule has 0 bridgehead atoms. The van der Waals surface area contributed by atoms with Crippen LogP contribution in [0.25, 0.3) is 0 Å². The molecule has 0 radical (unpaired) electrons. The molecule has 0 saturated carbocycles. The van der Waals surface area contributed by atoms with Gasteiger partial charge in [-0.3, -0.25) is 0 Å². The molecule has 0 spiro atoms. The highest BCUT2D eigenvalue weighted by molar-refractivity contribution is 7.89. The molecule has 0 amide bonds. The molecule has 0 aliphatic heterocycles. The summed E-state index contributed by atoms with van der Waals surface area (Å²) in [6.07, 6.45) is 0. The van der Waals surface area contributed by atoms with E-state index in [1.54, 1.807) is 18.2 Å². The Morgan fingerprint density at radius 2 is 2.05 bits per heavy atom. The lowest BCUT2D eigenvalue weighted by Gasteiger charge is -2.10. The van der Waals surface area contributed by atoms with Gasteiger partial charge in [-0.05, 0) is 17.7 Å². The van der Waals surface area contributed by atoms with Gasteiger partial charge >= 0.3 is 0 Å². The van der Waals surface area contributed by atoms with Gasteiger partial charge in [0.25, 0.3) is 0 Å². The summed E-state index contributed by atoms with van der Waals surface area (Å²) in [5.41, 5.74) is 0.948. The van der Waals surface area contributed by atoms with Crippen molar-refractivity contribution in [3.05, 3.63) is 29.8 Å². The molecule has 6 heteroatoms. The number of ether oxygens (including phenoxy) is 1. The van der Waals surface area contributed by atoms with E-state index < -0.39 is 10.0 Å². The minimum absolute atomic E-state index is 0.271. The molecular formula is C13H22N2O3S. The second-order valence-electron chi connectivity index (χ2n) is 4.57. The molecule has 2 N–H and O–H groups in total.